The number of hydrogen-bond donors (Lipinski definition) is 1. The first-order chi connectivity index (χ1) is 11.6. The number of aromatic nitrogens is 3. The molecule has 2 N–H and O–H groups in total. The van der Waals surface area contributed by atoms with Gasteiger partial charge in [0.1, 0.15) is 11.4 Å². The van der Waals surface area contributed by atoms with Crippen LogP contribution < -0.4 is 10.6 Å². The zero-order valence-corrected chi connectivity index (χ0v) is 14.5. The van der Waals surface area contributed by atoms with Crippen molar-refractivity contribution in [1.82, 2.24) is 14.6 Å². The van der Waals surface area contributed by atoms with Gasteiger partial charge in [0.25, 0.3) is 5.91 Å². The molecule has 0 bridgehead atoms. The Morgan fingerprint density at radius 1 is 1.29 bits per heavy atom. The van der Waals surface area contributed by atoms with E-state index in [1.165, 1.54) is 11.8 Å². The summed E-state index contributed by atoms with van der Waals surface area (Å²) < 4.78 is 2.68. The van der Waals surface area contributed by atoms with Crippen LogP contribution in [0.5, 0.6) is 0 Å². The smallest absolute Gasteiger partial charge is 0.254 e. The number of carbonyl (C=O) groups is 1. The molecule has 1 unspecified atom stereocenters. The molecular formula is C17H16BrN5O. The lowest BCUT2D eigenvalue weighted by molar-refractivity contribution is 0.100. The molecular weight excluding hydrogens is 370 g/mol. The quantitative estimate of drug-likeness (QED) is 0.751. The van der Waals surface area contributed by atoms with Gasteiger partial charge in [-0.1, -0.05) is 34.1 Å². The maximum atomic E-state index is 11.5. The van der Waals surface area contributed by atoms with E-state index in [1.54, 1.807) is 4.52 Å². The highest BCUT2D eigenvalue weighted by Gasteiger charge is 2.28. The van der Waals surface area contributed by atoms with Gasteiger partial charge >= 0.3 is 0 Å². The fraction of sp³-hybridized carbons (Fsp3) is 0.235. The average molecular weight is 386 g/mol. The number of benzene rings is 1. The number of primary amides is 1. The highest BCUT2D eigenvalue weighted by atomic mass is 79.9. The Balaban J connectivity index is 1.77. The summed E-state index contributed by atoms with van der Waals surface area (Å²) in [5.41, 5.74) is 7.50. The molecule has 0 aliphatic carbocycles. The second kappa shape index (κ2) is 5.90. The van der Waals surface area contributed by atoms with Crippen LogP contribution >= 0.6 is 15.9 Å². The van der Waals surface area contributed by atoms with Crippen LogP contribution in [0.15, 0.2) is 47.2 Å². The number of fused-ring (bicyclic) bond motifs is 1. The molecule has 1 aliphatic heterocycles. The minimum atomic E-state index is -0.515. The summed E-state index contributed by atoms with van der Waals surface area (Å²) >= 11 is 3.65. The van der Waals surface area contributed by atoms with Gasteiger partial charge in [0, 0.05) is 17.2 Å². The molecule has 3 heterocycles. The molecule has 7 heteroatoms. The van der Waals surface area contributed by atoms with Crippen molar-refractivity contribution in [1.29, 1.82) is 0 Å². The second-order valence-electron chi connectivity index (χ2n) is 5.85. The molecule has 0 saturated carbocycles. The summed E-state index contributed by atoms with van der Waals surface area (Å²) in [7, 11) is 0. The number of nitrogens with zero attached hydrogens (tertiary/aromatic N) is 4. The predicted octanol–water partition coefficient (Wildman–Crippen LogP) is 2.93. The third-order valence-electron chi connectivity index (χ3n) is 4.43. The first-order valence-corrected chi connectivity index (χ1v) is 8.59. The first kappa shape index (κ1) is 15.1. The van der Waals surface area contributed by atoms with Crippen molar-refractivity contribution >= 4 is 33.3 Å². The number of rotatable bonds is 3. The molecule has 122 valence electrons. The Bertz CT molecular complexity index is 922. The van der Waals surface area contributed by atoms with Gasteiger partial charge in [-0.3, -0.25) is 4.79 Å². The molecule has 3 aromatic rings. The maximum absolute atomic E-state index is 11.5. The van der Waals surface area contributed by atoms with Gasteiger partial charge in [-0.05, 0) is 30.5 Å². The normalized spacial score (nSPS) is 17.5. The molecule has 4 rings (SSSR count). The average Bonchev–Trinajstić information content (AvgIpc) is 3.21. The zero-order chi connectivity index (χ0) is 16.7. The van der Waals surface area contributed by atoms with Gasteiger partial charge in [0.05, 0.1) is 12.2 Å². The van der Waals surface area contributed by atoms with E-state index in [-0.39, 0.29) is 6.04 Å². The molecule has 2 aromatic heterocycles. The summed E-state index contributed by atoms with van der Waals surface area (Å²) in [4.78, 5) is 18.5. The van der Waals surface area contributed by atoms with Crippen molar-refractivity contribution in [2.75, 3.05) is 11.4 Å². The largest absolute Gasteiger partial charge is 0.365 e. The SMILES string of the molecule is NC(=O)c1cnn2ccc(N3CCCC3c3ccccc3Br)nc12. The number of anilines is 1. The van der Waals surface area contributed by atoms with Gasteiger partial charge in [-0.25, -0.2) is 9.50 Å². The lowest BCUT2D eigenvalue weighted by atomic mass is 10.0. The number of nitrogens with two attached hydrogens (primary N) is 1. The lowest BCUT2D eigenvalue weighted by Gasteiger charge is -2.27. The third kappa shape index (κ3) is 2.45. The van der Waals surface area contributed by atoms with Gasteiger partial charge in [-0.2, -0.15) is 5.10 Å². The van der Waals surface area contributed by atoms with Crippen LogP contribution in [-0.2, 0) is 0 Å². The van der Waals surface area contributed by atoms with E-state index >= 15 is 0 Å². The molecule has 0 radical (unpaired) electrons. The summed E-state index contributed by atoms with van der Waals surface area (Å²) in [5, 5.41) is 4.13. The van der Waals surface area contributed by atoms with E-state index in [0.717, 1.165) is 29.7 Å². The van der Waals surface area contributed by atoms with Gasteiger partial charge < -0.3 is 10.6 Å². The van der Waals surface area contributed by atoms with Crippen LogP contribution in [0, 0.1) is 0 Å². The van der Waals surface area contributed by atoms with E-state index in [9.17, 15) is 4.79 Å². The molecule has 24 heavy (non-hydrogen) atoms. The lowest BCUT2D eigenvalue weighted by Crippen LogP contribution is -2.24. The van der Waals surface area contributed by atoms with Gasteiger partial charge in [0.2, 0.25) is 0 Å². The third-order valence-corrected chi connectivity index (χ3v) is 5.15. The van der Waals surface area contributed by atoms with Crippen LogP contribution in [0.1, 0.15) is 34.8 Å². The minimum absolute atomic E-state index is 0.260. The summed E-state index contributed by atoms with van der Waals surface area (Å²) in [6, 6.07) is 10.5. The Morgan fingerprint density at radius 3 is 2.92 bits per heavy atom. The molecule has 1 aliphatic rings. The van der Waals surface area contributed by atoms with Crippen molar-refractivity contribution in [3.05, 3.63) is 58.3 Å². The van der Waals surface area contributed by atoms with E-state index in [4.69, 9.17) is 5.73 Å². The molecule has 1 amide bonds. The van der Waals surface area contributed by atoms with Gasteiger partial charge in [0.15, 0.2) is 5.65 Å². The van der Waals surface area contributed by atoms with E-state index in [2.05, 4.69) is 49.1 Å². The van der Waals surface area contributed by atoms with E-state index in [0.29, 0.717) is 11.2 Å². The van der Waals surface area contributed by atoms with Crippen molar-refractivity contribution < 1.29 is 4.79 Å². The van der Waals surface area contributed by atoms with E-state index in [1.807, 2.05) is 18.3 Å². The second-order valence-corrected chi connectivity index (χ2v) is 6.70. The fourth-order valence-electron chi connectivity index (χ4n) is 3.30. The Labute approximate surface area is 147 Å². The Hall–Kier alpha value is -2.41. The van der Waals surface area contributed by atoms with Crippen LogP contribution in [0.4, 0.5) is 5.82 Å². The number of halogens is 1. The zero-order valence-electron chi connectivity index (χ0n) is 12.9. The van der Waals surface area contributed by atoms with Crippen LogP contribution in [-0.4, -0.2) is 27.0 Å². The molecule has 6 nitrogen and oxygen atoms in total. The molecule has 1 aromatic carbocycles. The van der Waals surface area contributed by atoms with E-state index < -0.39 is 5.91 Å². The fourth-order valence-corrected chi connectivity index (χ4v) is 3.85. The van der Waals surface area contributed by atoms with Crippen molar-refractivity contribution in [2.24, 2.45) is 5.73 Å². The molecule has 1 atom stereocenters. The van der Waals surface area contributed by atoms with Crippen LogP contribution in [0.2, 0.25) is 0 Å². The minimum Gasteiger partial charge on any atom is -0.365 e. The van der Waals surface area contributed by atoms with Crippen molar-refractivity contribution in [3.8, 4) is 0 Å². The van der Waals surface area contributed by atoms with Crippen molar-refractivity contribution in [2.45, 2.75) is 18.9 Å². The standard InChI is InChI=1S/C17H16BrN5O/c18-13-5-2-1-4-11(13)14-6-3-8-22(14)15-7-9-23-17(21-15)12(10-20-23)16(19)24/h1-2,4-5,7,9-10,14H,3,6,8H2,(H2,19,24). The van der Waals surface area contributed by atoms with Crippen molar-refractivity contribution in [3.63, 3.8) is 0 Å². The molecule has 1 fully saturated rings. The molecule has 0 spiro atoms. The molecule has 1 saturated heterocycles. The maximum Gasteiger partial charge on any atom is 0.254 e. The summed E-state index contributed by atoms with van der Waals surface area (Å²) in [6.07, 6.45) is 5.45. The highest BCUT2D eigenvalue weighted by Crippen LogP contribution is 2.38. The topological polar surface area (TPSA) is 76.5 Å². The Kier molecular flexibility index (Phi) is 3.72. The number of hydrogen-bond acceptors (Lipinski definition) is 4. The van der Waals surface area contributed by atoms with Gasteiger partial charge in [-0.15, -0.1) is 0 Å². The predicted molar refractivity (Wildman–Crippen MR) is 95.0 cm³/mol. The number of carbonyl (C=O) groups excluding carboxylic acids is 1. The monoisotopic (exact) mass is 385 g/mol. The summed E-state index contributed by atoms with van der Waals surface area (Å²) in [5.74, 6) is 0.321. The first-order valence-electron chi connectivity index (χ1n) is 7.80. The van der Waals surface area contributed by atoms with Crippen LogP contribution in [0.3, 0.4) is 0 Å². The number of amides is 1. The Morgan fingerprint density at radius 2 is 2.12 bits per heavy atom. The highest BCUT2D eigenvalue weighted by molar-refractivity contribution is 9.10. The van der Waals surface area contributed by atoms with Crippen LogP contribution in [0.25, 0.3) is 5.65 Å². The summed E-state index contributed by atoms with van der Waals surface area (Å²) in [6.45, 7) is 0.926.